The zero-order valence-corrected chi connectivity index (χ0v) is 30.5. The predicted octanol–water partition coefficient (Wildman–Crippen LogP) is 4.95. The van der Waals surface area contributed by atoms with Crippen molar-refractivity contribution in [2.75, 3.05) is 6.54 Å². The number of hydrogen-bond donors (Lipinski definition) is 4. The molecule has 0 aromatic heterocycles. The maximum atomic E-state index is 12.7. The average Bonchev–Trinajstić information content (AvgIpc) is 3.84. The van der Waals surface area contributed by atoms with Crippen LogP contribution in [0.25, 0.3) is 0 Å². The third kappa shape index (κ3) is 16.6. The summed E-state index contributed by atoms with van der Waals surface area (Å²) in [4.78, 5) is 80.0. The summed E-state index contributed by atoms with van der Waals surface area (Å²) >= 11 is 0. The number of rotatable bonds is 17. The minimum absolute atomic E-state index is 0.0598. The molecule has 2 unspecified atom stereocenters. The highest BCUT2D eigenvalue weighted by molar-refractivity contribution is 5.91. The summed E-state index contributed by atoms with van der Waals surface area (Å²) in [6, 6.07) is 20.3. The fraction of sp³-hybridized carbons (Fsp3) is 0.550. The van der Waals surface area contributed by atoms with Crippen LogP contribution in [-0.4, -0.2) is 70.7 Å². The molecule has 2 saturated carbocycles. The van der Waals surface area contributed by atoms with Crippen molar-refractivity contribution >= 4 is 35.8 Å². The number of aliphatic carboxylic acids is 2. The summed E-state index contributed by atoms with van der Waals surface area (Å²) in [6.07, 6.45) is 9.73. The maximum Gasteiger partial charge on any atom is 0.373 e. The van der Waals surface area contributed by atoms with Gasteiger partial charge in [0.05, 0.1) is 23.9 Å². The second-order valence-electron chi connectivity index (χ2n) is 13.2. The molecule has 284 valence electrons. The predicted molar refractivity (Wildman–Crippen MR) is 191 cm³/mol. The lowest BCUT2D eigenvalue weighted by Crippen LogP contribution is -2.45. The number of carboxylic acids is 2. The monoisotopic (exact) mass is 722 g/mol. The first kappa shape index (κ1) is 45.4. The van der Waals surface area contributed by atoms with Crippen molar-refractivity contribution in [1.29, 1.82) is 0 Å². The van der Waals surface area contributed by atoms with E-state index in [1.807, 2.05) is 50.2 Å². The number of carbonyl (C=O) groups is 4. The first-order valence-electron chi connectivity index (χ1n) is 18.0. The molecule has 2 aromatic carbocycles. The van der Waals surface area contributed by atoms with Crippen molar-refractivity contribution in [3.63, 3.8) is 0 Å². The second kappa shape index (κ2) is 26.2. The van der Waals surface area contributed by atoms with Crippen LogP contribution >= 0.6 is 0 Å². The fourth-order valence-corrected chi connectivity index (χ4v) is 7.02. The highest BCUT2D eigenvalue weighted by Crippen LogP contribution is 2.34. The van der Waals surface area contributed by atoms with Crippen LogP contribution in [0.4, 0.5) is 0 Å². The zero-order valence-electron chi connectivity index (χ0n) is 30.5. The van der Waals surface area contributed by atoms with E-state index in [-0.39, 0.29) is 53.8 Å². The van der Waals surface area contributed by atoms with Gasteiger partial charge in [-0.15, -0.1) is 0 Å². The van der Waals surface area contributed by atoms with Gasteiger partial charge in [0.15, 0.2) is 11.6 Å². The van der Waals surface area contributed by atoms with Gasteiger partial charge < -0.3 is 20.8 Å². The molecule has 0 spiro atoms. The van der Waals surface area contributed by atoms with Gasteiger partial charge in [0.1, 0.15) is 0 Å². The summed E-state index contributed by atoms with van der Waals surface area (Å²) in [6.45, 7) is 6.62. The Morgan fingerprint density at radius 3 is 1.50 bits per heavy atom. The quantitative estimate of drug-likeness (QED) is 0.160. The Morgan fingerprint density at radius 2 is 1.08 bits per heavy atom. The molecule has 2 fully saturated rings. The fourth-order valence-electron chi connectivity index (χ4n) is 7.02. The first-order chi connectivity index (χ1) is 24.9. The van der Waals surface area contributed by atoms with Gasteiger partial charge in [-0.1, -0.05) is 80.4 Å². The topological polar surface area (TPSA) is 201 Å². The van der Waals surface area contributed by atoms with E-state index in [1.54, 1.807) is 0 Å². The molecule has 7 atom stereocenters. The Labute approximate surface area is 306 Å². The molecule has 52 heavy (non-hydrogen) atoms. The molecule has 0 saturated heterocycles. The van der Waals surface area contributed by atoms with E-state index in [4.69, 9.17) is 19.2 Å². The number of carboxylic acid groups (broad SMARTS) is 2. The van der Waals surface area contributed by atoms with E-state index >= 15 is 0 Å². The number of ketones is 2. The van der Waals surface area contributed by atoms with Crippen LogP contribution in [0.5, 0.6) is 0 Å². The number of nitrogens with one attached hydrogen (secondary N) is 2. The largest absolute Gasteiger partial charge is 0.481 e. The minimum atomic E-state index is -0.827. The van der Waals surface area contributed by atoms with Gasteiger partial charge in [-0.05, 0) is 89.3 Å². The molecule has 4 rings (SSSR count). The lowest BCUT2D eigenvalue weighted by Gasteiger charge is -2.25. The molecule has 0 amide bonds. The Morgan fingerprint density at radius 1 is 0.673 bits per heavy atom. The Kier molecular flexibility index (Phi) is 22.9. The lowest BCUT2D eigenvalue weighted by molar-refractivity contribution is -0.193. The van der Waals surface area contributed by atoms with E-state index < -0.39 is 23.8 Å². The van der Waals surface area contributed by atoms with E-state index in [9.17, 15) is 29.4 Å². The van der Waals surface area contributed by atoms with Gasteiger partial charge in [0.2, 0.25) is 0 Å². The summed E-state index contributed by atoms with van der Waals surface area (Å²) in [5, 5.41) is 25.1. The third-order valence-corrected chi connectivity index (χ3v) is 9.79. The number of aryl methyl sites for hydroxylation is 2. The Balaban J connectivity index is 0.000000453. The number of carbonyl (C=O) groups excluding carboxylic acids is 6. The molecule has 4 N–H and O–H groups in total. The van der Waals surface area contributed by atoms with Crippen molar-refractivity contribution in [2.45, 2.75) is 110 Å². The summed E-state index contributed by atoms with van der Waals surface area (Å²) in [5.41, 5.74) is 2.60. The third-order valence-electron chi connectivity index (χ3n) is 9.79. The molecule has 0 heterocycles. The van der Waals surface area contributed by atoms with Crippen LogP contribution in [0.1, 0.15) is 89.7 Å². The zero-order chi connectivity index (χ0) is 38.9. The van der Waals surface area contributed by atoms with E-state index in [2.05, 4.69) is 41.8 Å². The number of Topliss-reactive ketones (excluding diaryl/α,β-unsaturated/α-hetero) is 2. The van der Waals surface area contributed by atoms with Crippen molar-refractivity contribution < 1.29 is 48.6 Å². The van der Waals surface area contributed by atoms with E-state index in [0.717, 1.165) is 51.5 Å². The molecular formula is C40H54N2O10. The van der Waals surface area contributed by atoms with Gasteiger partial charge in [-0.25, -0.2) is 0 Å². The van der Waals surface area contributed by atoms with Crippen molar-refractivity contribution in [3.8, 4) is 0 Å². The van der Waals surface area contributed by atoms with Crippen LogP contribution in [0.2, 0.25) is 0 Å². The van der Waals surface area contributed by atoms with Gasteiger partial charge >= 0.3 is 24.2 Å². The maximum absolute atomic E-state index is 12.7. The smallest absolute Gasteiger partial charge is 0.373 e. The van der Waals surface area contributed by atoms with Gasteiger partial charge in [-0.2, -0.15) is 19.2 Å². The van der Waals surface area contributed by atoms with E-state index in [1.165, 1.54) is 11.1 Å². The normalized spacial score (nSPS) is 20.4. The van der Waals surface area contributed by atoms with Crippen molar-refractivity contribution in [3.05, 3.63) is 71.8 Å². The molecular weight excluding hydrogens is 668 g/mol. The molecule has 2 aliphatic rings. The average molecular weight is 723 g/mol. The number of benzene rings is 2. The van der Waals surface area contributed by atoms with Crippen molar-refractivity contribution in [2.24, 2.45) is 23.7 Å². The molecule has 12 heteroatoms. The first-order valence-corrected chi connectivity index (χ1v) is 18.0. The van der Waals surface area contributed by atoms with Crippen LogP contribution in [0, 0.1) is 23.7 Å². The second-order valence-corrected chi connectivity index (χ2v) is 13.2. The molecule has 2 aliphatic carbocycles. The van der Waals surface area contributed by atoms with Gasteiger partial charge in [-0.3, -0.25) is 19.2 Å². The molecule has 0 bridgehead atoms. The van der Waals surface area contributed by atoms with Crippen molar-refractivity contribution in [1.82, 2.24) is 10.6 Å². The van der Waals surface area contributed by atoms with Gasteiger partial charge in [0, 0.05) is 17.9 Å². The molecule has 2 aromatic rings. The van der Waals surface area contributed by atoms with E-state index in [0.29, 0.717) is 25.7 Å². The molecule has 12 nitrogen and oxygen atoms in total. The summed E-state index contributed by atoms with van der Waals surface area (Å²) in [5.74, 6) is -3.14. The highest BCUT2D eigenvalue weighted by Gasteiger charge is 2.40. The van der Waals surface area contributed by atoms with Crippen LogP contribution in [-0.2, 0) is 51.2 Å². The number of hydrogen-bond acceptors (Lipinski definition) is 10. The van der Waals surface area contributed by atoms with Gasteiger partial charge in [0.25, 0.3) is 0 Å². The lowest BCUT2D eigenvalue weighted by atomic mass is 9.88. The summed E-state index contributed by atoms with van der Waals surface area (Å²) < 4.78 is 0. The summed E-state index contributed by atoms with van der Waals surface area (Å²) in [7, 11) is 0. The molecule has 0 aliphatic heterocycles. The van der Waals surface area contributed by atoms with Crippen LogP contribution < -0.4 is 10.6 Å². The van der Waals surface area contributed by atoms with Crippen LogP contribution in [0.3, 0.4) is 0 Å². The Bertz CT molecular complexity index is 1410. The highest BCUT2D eigenvalue weighted by atomic mass is 16.4. The molecule has 0 radical (unpaired) electrons. The van der Waals surface area contributed by atoms with Crippen LogP contribution in [0.15, 0.2) is 60.7 Å². The SMILES string of the molecule is CC[C@H](CCc1ccccc1)N[C@@H](C)C(=O)C1CCC[C@H]1C(=O)O.C[C@H](NCCCc1ccccc1)C(=O)C1CCC[C@H]1C(=O)O.O=C=O.O=C=O. The standard InChI is InChI=1S/C20H29NO3.C18H25NO3.2CO2/c1-3-16(13-12-15-8-5-4-6-9-15)21-14(2)19(22)17-10-7-11-18(17)20(23)24;1-13(17(20)15-10-5-11-16(15)18(21)22)19-12-6-9-14-7-3-2-4-8-14;2*2-1-3/h4-6,8-9,14,16-18,21H,3,7,10-13H2,1-2H3,(H,23,24);2-4,7-8,13,15-16,19H,5-6,9-12H2,1H3,(H,21,22);;/t14-,16+,17?,18+;13-,15?,16+;;/m00../s1. The minimum Gasteiger partial charge on any atom is -0.481 e. The Hall–Kier alpha value is -4.60.